The third-order valence-corrected chi connectivity index (χ3v) is 6.63. The molecule has 144 valence electrons. The highest BCUT2D eigenvalue weighted by Crippen LogP contribution is 2.20. The van der Waals surface area contributed by atoms with Crippen LogP contribution in [-0.2, 0) is 19.5 Å². The van der Waals surface area contributed by atoms with Gasteiger partial charge in [-0.25, -0.2) is 4.98 Å². The number of thiazole rings is 1. The van der Waals surface area contributed by atoms with Crippen molar-refractivity contribution in [2.75, 3.05) is 0 Å². The highest BCUT2D eigenvalue weighted by Gasteiger charge is 2.18. The summed E-state index contributed by atoms with van der Waals surface area (Å²) >= 11 is 9.30. The van der Waals surface area contributed by atoms with Gasteiger partial charge < -0.3 is 0 Å². The van der Waals surface area contributed by atoms with Gasteiger partial charge in [0.2, 0.25) is 0 Å². The van der Waals surface area contributed by atoms with Crippen LogP contribution in [0.25, 0.3) is 4.96 Å². The minimum atomic E-state index is -0.0291. The fourth-order valence-electron chi connectivity index (χ4n) is 3.22. The lowest BCUT2D eigenvalue weighted by Gasteiger charge is -2.29. The van der Waals surface area contributed by atoms with E-state index in [1.807, 2.05) is 17.5 Å². The van der Waals surface area contributed by atoms with Gasteiger partial charge in [0.05, 0.1) is 5.69 Å². The molecule has 7 heteroatoms. The fraction of sp³-hybridized carbons (Fsp3) is 0.238. The maximum atomic E-state index is 12.4. The molecule has 4 rings (SSSR count). The predicted molar refractivity (Wildman–Crippen MR) is 118 cm³/mol. The van der Waals surface area contributed by atoms with E-state index in [1.165, 1.54) is 21.8 Å². The molecule has 0 N–H and O–H groups in total. The highest BCUT2D eigenvalue weighted by molar-refractivity contribution is 7.15. The summed E-state index contributed by atoms with van der Waals surface area (Å²) in [4.78, 5) is 21.5. The first-order chi connectivity index (χ1) is 13.6. The van der Waals surface area contributed by atoms with Gasteiger partial charge in [0, 0.05) is 46.7 Å². The molecule has 0 radical (unpaired) electrons. The van der Waals surface area contributed by atoms with Gasteiger partial charge in [-0.05, 0) is 42.5 Å². The van der Waals surface area contributed by atoms with E-state index >= 15 is 0 Å². The van der Waals surface area contributed by atoms with Crippen molar-refractivity contribution in [1.29, 1.82) is 0 Å². The smallest absolute Gasteiger partial charge is 0.258 e. The molecular formula is C21H20ClN3OS2. The van der Waals surface area contributed by atoms with Gasteiger partial charge >= 0.3 is 0 Å². The Morgan fingerprint density at radius 3 is 2.71 bits per heavy atom. The number of aromatic nitrogens is 2. The summed E-state index contributed by atoms with van der Waals surface area (Å²) in [7, 11) is 0. The molecule has 3 aromatic heterocycles. The Kier molecular flexibility index (Phi) is 5.92. The third kappa shape index (κ3) is 4.52. The normalized spacial score (nSPS) is 12.7. The van der Waals surface area contributed by atoms with E-state index < -0.39 is 0 Å². The van der Waals surface area contributed by atoms with Crippen LogP contribution in [0.3, 0.4) is 0 Å². The Hall–Kier alpha value is -1.99. The van der Waals surface area contributed by atoms with Crippen molar-refractivity contribution >= 4 is 39.2 Å². The first-order valence-corrected chi connectivity index (χ1v) is 11.2. The van der Waals surface area contributed by atoms with Gasteiger partial charge in [-0.2, -0.15) is 0 Å². The Bertz CT molecular complexity index is 1100. The molecule has 0 saturated heterocycles. The van der Waals surface area contributed by atoms with Crippen LogP contribution in [0.15, 0.2) is 64.2 Å². The molecule has 0 aliphatic heterocycles. The van der Waals surface area contributed by atoms with E-state index in [-0.39, 0.29) is 5.56 Å². The molecule has 0 spiro atoms. The minimum Gasteiger partial charge on any atom is -0.290 e. The van der Waals surface area contributed by atoms with Crippen molar-refractivity contribution in [1.82, 2.24) is 14.3 Å². The van der Waals surface area contributed by atoms with E-state index in [1.54, 1.807) is 28.0 Å². The second kappa shape index (κ2) is 8.57. The SMILES string of the molecule is CC(Cc1cccs1)N(Cc1ccc(Cl)cc1)Cc1cc(=O)n2ccsc2n1. The monoisotopic (exact) mass is 429 g/mol. The van der Waals surface area contributed by atoms with Crippen molar-refractivity contribution in [2.24, 2.45) is 0 Å². The maximum absolute atomic E-state index is 12.4. The van der Waals surface area contributed by atoms with Crippen molar-refractivity contribution in [3.63, 3.8) is 0 Å². The number of halogens is 1. The second-order valence-corrected chi connectivity index (χ2v) is 9.15. The summed E-state index contributed by atoms with van der Waals surface area (Å²) in [5, 5.41) is 4.73. The number of hydrogen-bond donors (Lipinski definition) is 0. The minimum absolute atomic E-state index is 0.0291. The van der Waals surface area contributed by atoms with Gasteiger partial charge in [0.15, 0.2) is 4.96 Å². The molecule has 1 atom stereocenters. The predicted octanol–water partition coefficient (Wildman–Crippen LogP) is 5.10. The molecule has 0 aliphatic carbocycles. The van der Waals surface area contributed by atoms with Crippen molar-refractivity contribution in [3.05, 3.63) is 90.9 Å². The molecule has 4 aromatic rings. The van der Waals surface area contributed by atoms with Crippen LogP contribution in [0.4, 0.5) is 0 Å². The van der Waals surface area contributed by atoms with E-state index in [9.17, 15) is 4.79 Å². The maximum Gasteiger partial charge on any atom is 0.258 e. The average Bonchev–Trinajstić information content (AvgIpc) is 3.35. The summed E-state index contributed by atoms with van der Waals surface area (Å²) in [5.41, 5.74) is 1.97. The van der Waals surface area contributed by atoms with Crippen LogP contribution >= 0.6 is 34.3 Å². The first-order valence-electron chi connectivity index (χ1n) is 9.05. The Morgan fingerprint density at radius 1 is 1.14 bits per heavy atom. The van der Waals surface area contributed by atoms with Gasteiger partial charge in [-0.15, -0.1) is 22.7 Å². The summed E-state index contributed by atoms with van der Waals surface area (Å²) in [6.45, 7) is 3.63. The van der Waals surface area contributed by atoms with E-state index in [0.717, 1.165) is 28.6 Å². The molecule has 28 heavy (non-hydrogen) atoms. The molecule has 4 nitrogen and oxygen atoms in total. The van der Waals surface area contributed by atoms with Crippen LogP contribution in [0, 0.1) is 0 Å². The van der Waals surface area contributed by atoms with Crippen LogP contribution in [0.5, 0.6) is 0 Å². The molecule has 0 aliphatic rings. The zero-order valence-electron chi connectivity index (χ0n) is 15.4. The highest BCUT2D eigenvalue weighted by atomic mass is 35.5. The lowest BCUT2D eigenvalue weighted by atomic mass is 10.1. The van der Waals surface area contributed by atoms with Gasteiger partial charge in [0.1, 0.15) is 0 Å². The number of thiophene rings is 1. The Labute approximate surface area is 176 Å². The van der Waals surface area contributed by atoms with Gasteiger partial charge in [0.25, 0.3) is 5.56 Å². The summed E-state index contributed by atoms with van der Waals surface area (Å²) in [6.07, 6.45) is 2.73. The third-order valence-electron chi connectivity index (χ3n) is 4.72. The lowest BCUT2D eigenvalue weighted by Crippen LogP contribution is -2.34. The van der Waals surface area contributed by atoms with Gasteiger partial charge in [-0.3, -0.25) is 14.1 Å². The lowest BCUT2D eigenvalue weighted by molar-refractivity contribution is 0.188. The summed E-state index contributed by atoms with van der Waals surface area (Å²) < 4.78 is 1.59. The van der Waals surface area contributed by atoms with E-state index in [2.05, 4.69) is 41.5 Å². The first kappa shape index (κ1) is 19.3. The van der Waals surface area contributed by atoms with Gasteiger partial charge in [-0.1, -0.05) is 29.8 Å². The van der Waals surface area contributed by atoms with Crippen LogP contribution in [0.1, 0.15) is 23.1 Å². The molecule has 0 saturated carbocycles. The fourth-order valence-corrected chi connectivity index (χ4v) is 4.91. The molecule has 3 heterocycles. The van der Waals surface area contributed by atoms with Crippen molar-refractivity contribution in [3.8, 4) is 0 Å². The standard InChI is InChI=1S/C21H20ClN3OS2/c1-15(11-19-3-2-9-27-19)24(13-16-4-6-17(22)7-5-16)14-18-12-20(26)25-8-10-28-21(25)23-18/h2-10,12,15H,11,13-14H2,1H3. The largest absolute Gasteiger partial charge is 0.290 e. The Morgan fingerprint density at radius 2 is 1.96 bits per heavy atom. The quantitative estimate of drug-likeness (QED) is 0.410. The van der Waals surface area contributed by atoms with E-state index in [4.69, 9.17) is 16.6 Å². The molecule has 0 amide bonds. The molecule has 0 bridgehead atoms. The molecule has 1 unspecified atom stereocenters. The average molecular weight is 430 g/mol. The molecular weight excluding hydrogens is 410 g/mol. The van der Waals surface area contributed by atoms with Crippen LogP contribution in [-0.4, -0.2) is 20.3 Å². The number of nitrogens with zero attached hydrogens (tertiary/aromatic N) is 3. The topological polar surface area (TPSA) is 37.6 Å². The summed E-state index contributed by atoms with van der Waals surface area (Å²) in [5.74, 6) is 0. The zero-order valence-corrected chi connectivity index (χ0v) is 17.8. The Balaban J connectivity index is 1.60. The number of fused-ring (bicyclic) bond motifs is 1. The van der Waals surface area contributed by atoms with E-state index in [0.29, 0.717) is 12.6 Å². The summed E-state index contributed by atoms with van der Waals surface area (Å²) in [6, 6.07) is 14.1. The molecule has 1 aromatic carbocycles. The van der Waals surface area contributed by atoms with Crippen LogP contribution in [0.2, 0.25) is 5.02 Å². The molecule has 0 fully saturated rings. The second-order valence-electron chi connectivity index (χ2n) is 6.81. The van der Waals surface area contributed by atoms with Crippen LogP contribution < -0.4 is 5.56 Å². The number of hydrogen-bond acceptors (Lipinski definition) is 5. The number of rotatable bonds is 7. The number of benzene rings is 1. The van der Waals surface area contributed by atoms with Crippen molar-refractivity contribution in [2.45, 2.75) is 32.5 Å². The zero-order chi connectivity index (χ0) is 19.5. The van der Waals surface area contributed by atoms with Crippen molar-refractivity contribution < 1.29 is 0 Å².